The van der Waals surface area contributed by atoms with E-state index >= 15 is 0 Å². The minimum absolute atomic E-state index is 0.189. The third-order valence-electron chi connectivity index (χ3n) is 8.27. The number of hydrogen-bond donors (Lipinski definition) is 0. The fourth-order valence-electron chi connectivity index (χ4n) is 5.43. The van der Waals surface area contributed by atoms with Crippen LogP contribution in [0.5, 0.6) is 0 Å². The Morgan fingerprint density at radius 1 is 0.878 bits per heavy atom. The second-order valence-corrected chi connectivity index (χ2v) is 13.0. The highest BCUT2D eigenvalue weighted by Gasteiger charge is 2.27. The van der Waals surface area contributed by atoms with E-state index in [4.69, 9.17) is 14.2 Å². The highest BCUT2D eigenvalue weighted by atomic mass is 32.2. The molecule has 0 aliphatic carbocycles. The number of anilines is 2. The highest BCUT2D eigenvalue weighted by Crippen LogP contribution is 2.47. The minimum Gasteiger partial charge on any atom is -0.382 e. The van der Waals surface area contributed by atoms with Gasteiger partial charge in [0.1, 0.15) is 0 Å². The predicted octanol–water partition coefficient (Wildman–Crippen LogP) is 6.23. The molecule has 2 heterocycles. The quantitative estimate of drug-likeness (QED) is 0.246. The molecule has 2 aliphatic heterocycles. The van der Waals surface area contributed by atoms with E-state index < -0.39 is 0 Å². The van der Waals surface area contributed by atoms with Crippen LogP contribution < -0.4 is 4.90 Å². The number of piperazine rings is 1. The van der Waals surface area contributed by atoms with E-state index in [1.54, 1.807) is 7.11 Å². The fraction of sp³-hybridized carbons (Fsp3) is 0.606. The van der Waals surface area contributed by atoms with Crippen LogP contribution in [0.25, 0.3) is 0 Å². The van der Waals surface area contributed by atoms with Crippen molar-refractivity contribution in [1.82, 2.24) is 9.80 Å². The lowest BCUT2D eigenvalue weighted by Crippen LogP contribution is -2.49. The van der Waals surface area contributed by atoms with Crippen molar-refractivity contribution in [3.05, 3.63) is 48.5 Å². The van der Waals surface area contributed by atoms with Crippen molar-refractivity contribution in [3.63, 3.8) is 0 Å². The number of para-hydroxylation sites is 2. The Morgan fingerprint density at radius 3 is 2.12 bits per heavy atom. The number of carbonyl (C=O) groups excluding carboxylic acids is 1. The summed E-state index contributed by atoms with van der Waals surface area (Å²) in [4.78, 5) is 22.5. The summed E-state index contributed by atoms with van der Waals surface area (Å²) >= 11 is 1.86. The molecule has 0 saturated carbocycles. The summed E-state index contributed by atoms with van der Waals surface area (Å²) in [5.74, 6) is 0.189. The average molecular weight is 584 g/mol. The lowest BCUT2D eigenvalue weighted by atomic mass is 10.0. The van der Waals surface area contributed by atoms with E-state index in [2.05, 4.69) is 86.0 Å². The molecule has 41 heavy (non-hydrogen) atoms. The number of carbonyl (C=O) groups is 1. The number of nitrogens with zero attached hydrogens (tertiary/aromatic N) is 3. The van der Waals surface area contributed by atoms with Crippen molar-refractivity contribution < 1.29 is 19.0 Å². The molecule has 2 aromatic rings. The van der Waals surface area contributed by atoms with E-state index in [0.29, 0.717) is 26.2 Å². The molecule has 7 nitrogen and oxygen atoms in total. The SMILES string of the molecule is CCC(C)(COC)OCCC(C)(C)OCCC(=O)N1CCN(CCCN2c3ccccc3Sc3ccccc32)CC1. The average Bonchev–Trinajstić information content (AvgIpc) is 2.97. The smallest absolute Gasteiger partial charge is 0.224 e. The van der Waals surface area contributed by atoms with Crippen molar-refractivity contribution in [2.24, 2.45) is 0 Å². The zero-order chi connectivity index (χ0) is 29.3. The van der Waals surface area contributed by atoms with E-state index in [1.165, 1.54) is 21.2 Å². The summed E-state index contributed by atoms with van der Waals surface area (Å²) in [6.45, 7) is 15.4. The number of methoxy groups -OCH3 is 1. The number of benzene rings is 2. The lowest BCUT2D eigenvalue weighted by molar-refractivity contribution is -0.136. The molecule has 4 rings (SSSR count). The van der Waals surface area contributed by atoms with Gasteiger partial charge < -0.3 is 24.0 Å². The minimum atomic E-state index is -0.339. The van der Waals surface area contributed by atoms with Crippen molar-refractivity contribution in [2.75, 3.05) is 71.1 Å². The third-order valence-corrected chi connectivity index (χ3v) is 9.40. The first-order valence-electron chi connectivity index (χ1n) is 15.1. The van der Waals surface area contributed by atoms with Gasteiger partial charge in [-0.1, -0.05) is 43.0 Å². The summed E-state index contributed by atoms with van der Waals surface area (Å²) in [6.07, 6.45) is 3.17. The largest absolute Gasteiger partial charge is 0.382 e. The molecule has 0 aromatic heterocycles. The van der Waals surface area contributed by atoms with Gasteiger partial charge in [0.05, 0.1) is 48.8 Å². The van der Waals surface area contributed by atoms with Crippen LogP contribution in [0.2, 0.25) is 0 Å². The molecule has 2 aliphatic rings. The molecule has 2 aromatic carbocycles. The van der Waals surface area contributed by atoms with E-state index in [-0.39, 0.29) is 17.1 Å². The predicted molar refractivity (Wildman–Crippen MR) is 167 cm³/mol. The van der Waals surface area contributed by atoms with E-state index in [1.807, 2.05) is 16.7 Å². The van der Waals surface area contributed by atoms with Gasteiger partial charge >= 0.3 is 0 Å². The number of fused-ring (bicyclic) bond motifs is 2. The van der Waals surface area contributed by atoms with Gasteiger partial charge in [0.15, 0.2) is 0 Å². The van der Waals surface area contributed by atoms with E-state index in [0.717, 1.165) is 58.5 Å². The first-order chi connectivity index (χ1) is 19.7. The molecule has 0 radical (unpaired) electrons. The maximum atomic E-state index is 12.9. The summed E-state index contributed by atoms with van der Waals surface area (Å²) < 4.78 is 17.5. The van der Waals surface area contributed by atoms with Gasteiger partial charge in [0.2, 0.25) is 5.91 Å². The topological polar surface area (TPSA) is 54.5 Å². The summed E-state index contributed by atoms with van der Waals surface area (Å²) in [7, 11) is 1.70. The second kappa shape index (κ2) is 14.9. The van der Waals surface area contributed by atoms with Crippen LogP contribution in [0, 0.1) is 0 Å². The maximum absolute atomic E-state index is 12.9. The first-order valence-corrected chi connectivity index (χ1v) is 16.0. The van der Waals surface area contributed by atoms with Gasteiger partial charge in [-0.3, -0.25) is 9.69 Å². The van der Waals surface area contributed by atoms with Crippen molar-refractivity contribution in [3.8, 4) is 0 Å². The fourth-order valence-corrected chi connectivity index (χ4v) is 6.53. The Bertz CT molecular complexity index is 1080. The summed E-state index contributed by atoms with van der Waals surface area (Å²) in [5, 5.41) is 0. The molecular formula is C33H49N3O4S. The van der Waals surface area contributed by atoms with Gasteiger partial charge in [-0.2, -0.15) is 0 Å². The molecule has 8 heteroatoms. The Morgan fingerprint density at radius 2 is 1.51 bits per heavy atom. The van der Waals surface area contributed by atoms with Gasteiger partial charge in [0.25, 0.3) is 0 Å². The Hall–Kier alpha value is -2.10. The molecule has 226 valence electrons. The Kier molecular flexibility index (Phi) is 11.5. The number of ether oxygens (including phenoxy) is 3. The summed E-state index contributed by atoms with van der Waals surface area (Å²) in [5.41, 5.74) is 1.99. The van der Waals surface area contributed by atoms with Crippen molar-refractivity contribution >= 4 is 29.0 Å². The van der Waals surface area contributed by atoms with Gasteiger partial charge in [-0.05, 0) is 70.8 Å². The van der Waals surface area contributed by atoms with Crippen LogP contribution in [0.15, 0.2) is 58.3 Å². The van der Waals surface area contributed by atoms with Crippen LogP contribution in [0.4, 0.5) is 11.4 Å². The van der Waals surface area contributed by atoms with E-state index in [9.17, 15) is 4.79 Å². The standard InChI is InChI=1S/C33H49N3O4S/c1-6-33(4,26-38-5)40-25-17-32(2,3)39-24-16-31(37)35-22-20-34(21-23-35)18-11-19-36-27-12-7-9-14-29(27)41-30-15-10-8-13-28(30)36/h7-10,12-15H,6,11,16-26H2,1-5H3. The molecule has 1 saturated heterocycles. The Balaban J connectivity index is 1.14. The van der Waals surface area contributed by atoms with Crippen LogP contribution in [-0.4, -0.2) is 93.1 Å². The van der Waals surface area contributed by atoms with Crippen LogP contribution in [0.1, 0.15) is 53.4 Å². The molecule has 1 amide bonds. The third kappa shape index (κ3) is 8.94. The summed E-state index contributed by atoms with van der Waals surface area (Å²) in [6, 6.07) is 17.4. The molecular weight excluding hydrogens is 534 g/mol. The molecule has 1 atom stereocenters. The zero-order valence-corrected chi connectivity index (χ0v) is 26.5. The highest BCUT2D eigenvalue weighted by molar-refractivity contribution is 7.99. The monoisotopic (exact) mass is 583 g/mol. The van der Waals surface area contributed by atoms with Crippen molar-refractivity contribution in [1.29, 1.82) is 0 Å². The van der Waals surface area contributed by atoms with Crippen LogP contribution >= 0.6 is 11.8 Å². The number of amides is 1. The second-order valence-electron chi connectivity index (χ2n) is 12.0. The Labute approximate surface area is 251 Å². The van der Waals surface area contributed by atoms with Crippen molar-refractivity contribution in [2.45, 2.75) is 74.4 Å². The van der Waals surface area contributed by atoms with Gasteiger partial charge in [-0.25, -0.2) is 0 Å². The van der Waals surface area contributed by atoms with Crippen LogP contribution in [0.3, 0.4) is 0 Å². The molecule has 0 N–H and O–H groups in total. The van der Waals surface area contributed by atoms with Gasteiger partial charge in [0, 0.05) is 49.6 Å². The maximum Gasteiger partial charge on any atom is 0.224 e. The van der Waals surface area contributed by atoms with Gasteiger partial charge in [-0.15, -0.1) is 0 Å². The zero-order valence-electron chi connectivity index (χ0n) is 25.7. The number of rotatable bonds is 15. The molecule has 1 unspecified atom stereocenters. The first kappa shape index (κ1) is 31.8. The van der Waals surface area contributed by atoms with Crippen LogP contribution in [-0.2, 0) is 19.0 Å². The number of hydrogen-bond acceptors (Lipinski definition) is 7. The molecule has 1 fully saturated rings. The molecule has 0 bridgehead atoms. The normalized spacial score (nSPS) is 17.2. The lowest BCUT2D eigenvalue weighted by Gasteiger charge is -2.36. The molecule has 0 spiro atoms.